The predicted octanol–water partition coefficient (Wildman–Crippen LogP) is 3.61. The van der Waals surface area contributed by atoms with Crippen LogP contribution in [0.2, 0.25) is 0 Å². The molecule has 0 fully saturated rings. The number of anilines is 1. The second kappa shape index (κ2) is 12.4. The molecule has 0 radical (unpaired) electrons. The molecule has 0 aliphatic rings. The van der Waals surface area contributed by atoms with Crippen molar-refractivity contribution in [2.45, 2.75) is 4.90 Å². The number of ether oxygens (including phenoxy) is 3. The number of hydrogen-bond acceptors (Lipinski definition) is 7. The average molecular weight is 510 g/mol. The third-order valence-corrected chi connectivity index (χ3v) is 6.71. The number of nitrogens with one attached hydrogen (secondary N) is 1. The molecule has 0 heterocycles. The Hall–Kier alpha value is -4.31. The molecule has 3 rings (SSSR count). The van der Waals surface area contributed by atoms with Gasteiger partial charge in [0, 0.05) is 0 Å². The Labute approximate surface area is 210 Å². The Kier molecular flexibility index (Phi) is 9.07. The molecule has 0 saturated heterocycles. The van der Waals surface area contributed by atoms with Crippen LogP contribution in [-0.4, -0.2) is 47.9 Å². The predicted molar refractivity (Wildman–Crippen MR) is 138 cm³/mol. The minimum atomic E-state index is -4.13. The van der Waals surface area contributed by atoms with Crippen LogP contribution in [0.25, 0.3) is 0 Å². The van der Waals surface area contributed by atoms with Gasteiger partial charge in [-0.15, -0.1) is 0 Å². The molecule has 0 aromatic heterocycles. The van der Waals surface area contributed by atoms with Crippen molar-refractivity contribution in [1.29, 1.82) is 0 Å². The fourth-order valence-electron chi connectivity index (χ4n) is 3.16. The number of hydrazone groups is 1. The van der Waals surface area contributed by atoms with E-state index in [1.165, 1.54) is 44.7 Å². The van der Waals surface area contributed by atoms with E-state index in [0.717, 1.165) is 4.31 Å². The van der Waals surface area contributed by atoms with Gasteiger partial charge < -0.3 is 14.2 Å². The summed E-state index contributed by atoms with van der Waals surface area (Å²) in [5.74, 6) is 0.835. The lowest BCUT2D eigenvalue weighted by Crippen LogP contribution is -2.39. The van der Waals surface area contributed by atoms with Crippen LogP contribution in [0.5, 0.6) is 17.2 Å². The maximum atomic E-state index is 13.5. The Morgan fingerprint density at radius 2 is 1.64 bits per heavy atom. The van der Waals surface area contributed by atoms with E-state index >= 15 is 0 Å². The highest BCUT2D eigenvalue weighted by Crippen LogP contribution is 2.32. The average Bonchev–Trinajstić information content (AvgIpc) is 2.91. The van der Waals surface area contributed by atoms with Gasteiger partial charge in [0.15, 0.2) is 0 Å². The summed E-state index contributed by atoms with van der Waals surface area (Å²) in [6.07, 6.45) is 3.09. The van der Waals surface area contributed by atoms with Crippen molar-refractivity contribution in [1.82, 2.24) is 5.43 Å². The number of hydrogen-bond donors (Lipinski definition) is 1. The highest BCUT2D eigenvalue weighted by atomic mass is 32.2. The first-order valence-electron chi connectivity index (χ1n) is 10.8. The summed E-state index contributed by atoms with van der Waals surface area (Å²) in [4.78, 5) is 12.7. The molecule has 0 bridgehead atoms. The smallest absolute Gasteiger partial charge is 0.264 e. The van der Waals surface area contributed by atoms with Gasteiger partial charge in [0.1, 0.15) is 30.4 Å². The maximum absolute atomic E-state index is 13.5. The van der Waals surface area contributed by atoms with Crippen molar-refractivity contribution in [3.8, 4) is 17.2 Å². The summed E-state index contributed by atoms with van der Waals surface area (Å²) in [5, 5.41) is 3.95. The molecule has 0 unspecified atom stereocenters. The number of carbonyl (C=O) groups excluding carboxylic acids is 1. The molecule has 0 atom stereocenters. The van der Waals surface area contributed by atoms with Crippen molar-refractivity contribution < 1.29 is 27.4 Å². The number of para-hydroxylation sites is 2. The topological polar surface area (TPSA) is 107 Å². The molecular formula is C26H27N3O6S. The third-order valence-electron chi connectivity index (χ3n) is 4.94. The fourth-order valence-corrected chi connectivity index (χ4v) is 4.59. The van der Waals surface area contributed by atoms with E-state index in [0.29, 0.717) is 29.4 Å². The van der Waals surface area contributed by atoms with Gasteiger partial charge in [-0.05, 0) is 66.2 Å². The van der Waals surface area contributed by atoms with Gasteiger partial charge in [-0.3, -0.25) is 9.10 Å². The first-order valence-corrected chi connectivity index (χ1v) is 12.3. The summed E-state index contributed by atoms with van der Waals surface area (Å²) in [6, 6.07) is 19.5. The second-order valence-electron chi connectivity index (χ2n) is 7.32. The van der Waals surface area contributed by atoms with E-state index < -0.39 is 22.5 Å². The van der Waals surface area contributed by atoms with Crippen molar-refractivity contribution in [2.24, 2.45) is 5.10 Å². The number of methoxy groups -OCH3 is 2. The molecule has 188 valence electrons. The lowest BCUT2D eigenvalue weighted by molar-refractivity contribution is -0.119. The van der Waals surface area contributed by atoms with Crippen molar-refractivity contribution in [2.75, 3.05) is 31.7 Å². The third kappa shape index (κ3) is 6.63. The Balaban J connectivity index is 1.80. The van der Waals surface area contributed by atoms with Gasteiger partial charge in [-0.25, -0.2) is 13.8 Å². The SMILES string of the molecule is C=CCOc1ccc(/C=N\NC(=O)CN(c2ccccc2OC)S(=O)(=O)c2ccc(OC)cc2)cc1. The maximum Gasteiger partial charge on any atom is 0.264 e. The molecule has 0 spiro atoms. The van der Waals surface area contributed by atoms with Crippen molar-refractivity contribution in [3.05, 3.63) is 91.0 Å². The van der Waals surface area contributed by atoms with Crippen LogP contribution in [0.1, 0.15) is 5.56 Å². The van der Waals surface area contributed by atoms with E-state index in [9.17, 15) is 13.2 Å². The molecule has 0 aliphatic heterocycles. The molecule has 9 nitrogen and oxygen atoms in total. The summed E-state index contributed by atoms with van der Waals surface area (Å²) in [7, 11) is -1.22. The van der Waals surface area contributed by atoms with Crippen LogP contribution in [0.3, 0.4) is 0 Å². The van der Waals surface area contributed by atoms with Crippen molar-refractivity contribution in [3.63, 3.8) is 0 Å². The molecule has 3 aromatic carbocycles. The molecule has 10 heteroatoms. The number of amides is 1. The largest absolute Gasteiger partial charge is 0.497 e. The zero-order valence-electron chi connectivity index (χ0n) is 20.0. The molecular weight excluding hydrogens is 482 g/mol. The van der Waals surface area contributed by atoms with Crippen LogP contribution >= 0.6 is 0 Å². The summed E-state index contributed by atoms with van der Waals surface area (Å²) >= 11 is 0. The Bertz CT molecular complexity index is 1310. The zero-order chi connectivity index (χ0) is 26.0. The Morgan fingerprint density at radius 1 is 0.972 bits per heavy atom. The quantitative estimate of drug-likeness (QED) is 0.227. The monoisotopic (exact) mass is 509 g/mol. The highest BCUT2D eigenvalue weighted by Gasteiger charge is 2.29. The summed E-state index contributed by atoms with van der Waals surface area (Å²) < 4.78 is 43.9. The van der Waals surface area contributed by atoms with Crippen LogP contribution in [0, 0.1) is 0 Å². The number of carbonyl (C=O) groups is 1. The molecule has 0 saturated carbocycles. The van der Waals surface area contributed by atoms with Gasteiger partial charge in [-0.2, -0.15) is 5.10 Å². The lowest BCUT2D eigenvalue weighted by Gasteiger charge is -2.25. The van der Waals surface area contributed by atoms with E-state index in [-0.39, 0.29) is 10.6 Å². The van der Waals surface area contributed by atoms with Crippen LogP contribution < -0.4 is 23.9 Å². The fraction of sp³-hybridized carbons (Fsp3) is 0.154. The Morgan fingerprint density at radius 3 is 2.28 bits per heavy atom. The van der Waals surface area contributed by atoms with E-state index in [1.807, 2.05) is 0 Å². The van der Waals surface area contributed by atoms with E-state index in [4.69, 9.17) is 14.2 Å². The standard InChI is InChI=1S/C26H27N3O6S/c1-4-17-35-22-11-9-20(10-12-22)18-27-28-26(30)19-29(24-7-5-6-8-25(24)34-3)36(31,32)23-15-13-21(33-2)14-16-23/h4-16,18H,1,17,19H2,2-3H3,(H,28,30)/b27-18-. The number of rotatable bonds is 12. The summed E-state index contributed by atoms with van der Waals surface area (Å²) in [6.45, 7) is 3.47. The van der Waals surface area contributed by atoms with E-state index in [2.05, 4.69) is 17.1 Å². The number of benzene rings is 3. The van der Waals surface area contributed by atoms with Crippen LogP contribution in [0.15, 0.2) is 95.4 Å². The lowest BCUT2D eigenvalue weighted by atomic mass is 10.2. The van der Waals surface area contributed by atoms with Gasteiger partial charge in [0.25, 0.3) is 15.9 Å². The molecule has 0 aliphatic carbocycles. The number of nitrogens with zero attached hydrogens (tertiary/aromatic N) is 2. The first-order chi connectivity index (χ1) is 17.4. The van der Waals surface area contributed by atoms with Gasteiger partial charge >= 0.3 is 0 Å². The number of sulfonamides is 1. The molecule has 3 aromatic rings. The first kappa shape index (κ1) is 26.3. The van der Waals surface area contributed by atoms with Gasteiger partial charge in [0.2, 0.25) is 0 Å². The second-order valence-corrected chi connectivity index (χ2v) is 9.18. The minimum Gasteiger partial charge on any atom is -0.497 e. The molecule has 1 amide bonds. The van der Waals surface area contributed by atoms with Gasteiger partial charge in [-0.1, -0.05) is 24.8 Å². The normalized spacial score (nSPS) is 11.1. The van der Waals surface area contributed by atoms with Gasteiger partial charge in [0.05, 0.1) is 31.0 Å². The highest BCUT2D eigenvalue weighted by molar-refractivity contribution is 7.92. The molecule has 1 N–H and O–H groups in total. The molecule has 36 heavy (non-hydrogen) atoms. The van der Waals surface area contributed by atoms with Crippen molar-refractivity contribution >= 4 is 27.8 Å². The summed E-state index contributed by atoms with van der Waals surface area (Å²) in [5.41, 5.74) is 3.31. The minimum absolute atomic E-state index is 0.00993. The zero-order valence-corrected chi connectivity index (χ0v) is 20.8. The van der Waals surface area contributed by atoms with E-state index in [1.54, 1.807) is 54.6 Å². The van der Waals surface area contributed by atoms with Crippen LogP contribution in [0.4, 0.5) is 5.69 Å². The van der Waals surface area contributed by atoms with Crippen LogP contribution in [-0.2, 0) is 14.8 Å².